The topological polar surface area (TPSA) is 60.3 Å². The number of aryl methyl sites for hydroxylation is 1. The number of nitrogens with zero attached hydrogens (tertiary/aromatic N) is 1. The summed E-state index contributed by atoms with van der Waals surface area (Å²) in [5.41, 5.74) is 1.31. The van der Waals surface area contributed by atoms with E-state index in [9.17, 15) is 9.59 Å². The minimum atomic E-state index is -0.456. The average molecular weight is 293 g/mol. The van der Waals surface area contributed by atoms with Crippen LogP contribution >= 0.6 is 11.6 Å². The van der Waals surface area contributed by atoms with Crippen molar-refractivity contribution >= 4 is 29.2 Å². The fraction of sp³-hybridized carbons (Fsp3) is 0.143. The number of halogens is 1. The lowest BCUT2D eigenvalue weighted by molar-refractivity contribution is 0.0600. The number of aromatic nitrogens is 1. The summed E-state index contributed by atoms with van der Waals surface area (Å²) >= 11 is 5.84. The van der Waals surface area contributed by atoms with E-state index in [1.165, 1.54) is 7.11 Å². The number of nitrogens with one attached hydrogen (secondary N) is 1. The highest BCUT2D eigenvalue weighted by atomic mass is 35.5. The lowest BCUT2D eigenvalue weighted by atomic mass is 10.2. The van der Waals surface area contributed by atoms with Gasteiger partial charge in [0.05, 0.1) is 17.7 Å². The van der Waals surface area contributed by atoms with Gasteiger partial charge in [-0.25, -0.2) is 4.79 Å². The Kier molecular flexibility index (Phi) is 4.10. The third-order valence-corrected chi connectivity index (χ3v) is 2.95. The summed E-state index contributed by atoms with van der Waals surface area (Å²) < 4.78 is 6.26. The summed E-state index contributed by atoms with van der Waals surface area (Å²) in [5, 5.41) is 3.19. The van der Waals surface area contributed by atoms with E-state index in [2.05, 4.69) is 10.1 Å². The van der Waals surface area contributed by atoms with Crippen LogP contribution in [0, 0.1) is 0 Å². The number of esters is 1. The van der Waals surface area contributed by atoms with Crippen LogP contribution in [0.1, 0.15) is 20.8 Å². The SMILES string of the molecule is COC(=O)c1cccc(NC(=O)c2cc(Cl)cn2C)c1. The zero-order chi connectivity index (χ0) is 14.7. The molecule has 6 heteroatoms. The number of anilines is 1. The van der Waals surface area contributed by atoms with E-state index >= 15 is 0 Å². The highest BCUT2D eigenvalue weighted by molar-refractivity contribution is 6.31. The second-order valence-electron chi connectivity index (χ2n) is 4.18. The first-order chi connectivity index (χ1) is 9.51. The third kappa shape index (κ3) is 3.00. The molecule has 2 aromatic rings. The molecule has 20 heavy (non-hydrogen) atoms. The van der Waals surface area contributed by atoms with Crippen molar-refractivity contribution in [3.63, 3.8) is 0 Å². The monoisotopic (exact) mass is 292 g/mol. The number of hydrogen-bond acceptors (Lipinski definition) is 3. The van der Waals surface area contributed by atoms with Crippen LogP contribution < -0.4 is 5.32 Å². The van der Waals surface area contributed by atoms with Gasteiger partial charge in [0.15, 0.2) is 0 Å². The van der Waals surface area contributed by atoms with Crippen LogP contribution in [0.4, 0.5) is 5.69 Å². The largest absolute Gasteiger partial charge is 0.465 e. The molecule has 1 aromatic heterocycles. The number of rotatable bonds is 3. The predicted molar refractivity (Wildman–Crippen MR) is 76.2 cm³/mol. The van der Waals surface area contributed by atoms with E-state index in [4.69, 9.17) is 11.6 Å². The number of benzene rings is 1. The van der Waals surface area contributed by atoms with E-state index in [1.54, 1.807) is 48.1 Å². The Balaban J connectivity index is 2.20. The summed E-state index contributed by atoms with van der Waals surface area (Å²) in [6.45, 7) is 0. The molecular formula is C14H13ClN2O3. The van der Waals surface area contributed by atoms with Gasteiger partial charge in [-0.05, 0) is 24.3 Å². The smallest absolute Gasteiger partial charge is 0.337 e. The van der Waals surface area contributed by atoms with Crippen LogP contribution in [-0.2, 0) is 11.8 Å². The maximum atomic E-state index is 12.1. The molecule has 1 N–H and O–H groups in total. The van der Waals surface area contributed by atoms with Gasteiger partial charge in [-0.3, -0.25) is 4.79 Å². The molecule has 0 saturated carbocycles. The Morgan fingerprint density at radius 1 is 1.30 bits per heavy atom. The van der Waals surface area contributed by atoms with Gasteiger partial charge in [0.1, 0.15) is 5.69 Å². The van der Waals surface area contributed by atoms with E-state index < -0.39 is 5.97 Å². The molecule has 1 aromatic carbocycles. The Morgan fingerprint density at radius 3 is 2.65 bits per heavy atom. The maximum absolute atomic E-state index is 12.1. The predicted octanol–water partition coefficient (Wildman–Crippen LogP) is 2.72. The first-order valence-corrected chi connectivity index (χ1v) is 6.20. The molecular weight excluding hydrogens is 280 g/mol. The number of methoxy groups -OCH3 is 1. The molecule has 1 heterocycles. The zero-order valence-corrected chi connectivity index (χ0v) is 11.8. The second-order valence-corrected chi connectivity index (χ2v) is 4.62. The number of carbonyl (C=O) groups is 2. The van der Waals surface area contributed by atoms with Crippen LogP contribution in [0.15, 0.2) is 36.5 Å². The maximum Gasteiger partial charge on any atom is 0.337 e. The van der Waals surface area contributed by atoms with Gasteiger partial charge < -0.3 is 14.6 Å². The molecule has 0 saturated heterocycles. The second kappa shape index (κ2) is 5.79. The van der Waals surface area contributed by atoms with Crippen molar-refractivity contribution in [2.75, 3.05) is 12.4 Å². The molecule has 0 atom stereocenters. The van der Waals surface area contributed by atoms with Crippen molar-refractivity contribution in [2.45, 2.75) is 0 Å². The van der Waals surface area contributed by atoms with Gasteiger partial charge in [0, 0.05) is 18.9 Å². The van der Waals surface area contributed by atoms with Gasteiger partial charge in [-0.15, -0.1) is 0 Å². The standard InChI is InChI=1S/C14H13ClN2O3/c1-17-8-10(15)7-12(17)13(18)16-11-5-3-4-9(6-11)14(19)20-2/h3-8H,1-2H3,(H,16,18). The van der Waals surface area contributed by atoms with Crippen LogP contribution in [-0.4, -0.2) is 23.6 Å². The van der Waals surface area contributed by atoms with E-state index in [0.29, 0.717) is 22.0 Å². The van der Waals surface area contributed by atoms with Crippen LogP contribution in [0.2, 0.25) is 5.02 Å². The highest BCUT2D eigenvalue weighted by Crippen LogP contribution is 2.16. The summed E-state index contributed by atoms with van der Waals surface area (Å²) in [6, 6.07) is 8.09. The van der Waals surface area contributed by atoms with E-state index in [1.807, 2.05) is 0 Å². The highest BCUT2D eigenvalue weighted by Gasteiger charge is 2.12. The van der Waals surface area contributed by atoms with Gasteiger partial charge >= 0.3 is 5.97 Å². The van der Waals surface area contributed by atoms with Gasteiger partial charge in [-0.2, -0.15) is 0 Å². The number of ether oxygens (including phenoxy) is 1. The van der Waals surface area contributed by atoms with Crippen molar-refractivity contribution in [1.29, 1.82) is 0 Å². The van der Waals surface area contributed by atoms with Crippen LogP contribution in [0.3, 0.4) is 0 Å². The first-order valence-electron chi connectivity index (χ1n) is 5.83. The molecule has 2 rings (SSSR count). The van der Waals surface area contributed by atoms with Crippen LogP contribution in [0.5, 0.6) is 0 Å². The summed E-state index contributed by atoms with van der Waals surface area (Å²) in [4.78, 5) is 23.5. The Bertz CT molecular complexity index is 664. The van der Waals surface area contributed by atoms with Gasteiger partial charge in [-0.1, -0.05) is 17.7 Å². The van der Waals surface area contributed by atoms with Crippen molar-refractivity contribution in [3.8, 4) is 0 Å². The molecule has 0 bridgehead atoms. The number of carbonyl (C=O) groups excluding carboxylic acids is 2. The molecule has 5 nitrogen and oxygen atoms in total. The van der Waals surface area contributed by atoms with Crippen LogP contribution in [0.25, 0.3) is 0 Å². The van der Waals surface area contributed by atoms with Crippen molar-refractivity contribution in [3.05, 3.63) is 52.8 Å². The zero-order valence-electron chi connectivity index (χ0n) is 11.0. The van der Waals surface area contributed by atoms with Crippen molar-refractivity contribution in [2.24, 2.45) is 7.05 Å². The minimum absolute atomic E-state index is 0.304. The molecule has 0 fully saturated rings. The normalized spacial score (nSPS) is 10.2. The first kappa shape index (κ1) is 14.1. The summed E-state index contributed by atoms with van der Waals surface area (Å²) in [5.74, 6) is -0.760. The van der Waals surface area contributed by atoms with Crippen molar-refractivity contribution < 1.29 is 14.3 Å². The Labute approximate surface area is 121 Å². The molecule has 0 aliphatic carbocycles. The van der Waals surface area contributed by atoms with Gasteiger partial charge in [0.25, 0.3) is 5.91 Å². The average Bonchev–Trinajstić information content (AvgIpc) is 2.77. The Hall–Kier alpha value is -2.27. The molecule has 0 radical (unpaired) electrons. The van der Waals surface area contributed by atoms with E-state index in [-0.39, 0.29) is 5.91 Å². The molecule has 104 valence electrons. The van der Waals surface area contributed by atoms with Crippen molar-refractivity contribution in [1.82, 2.24) is 4.57 Å². The summed E-state index contributed by atoms with van der Waals surface area (Å²) in [6.07, 6.45) is 1.64. The fourth-order valence-electron chi connectivity index (χ4n) is 1.79. The summed E-state index contributed by atoms with van der Waals surface area (Å²) in [7, 11) is 3.03. The number of amides is 1. The molecule has 0 aliphatic heterocycles. The molecule has 1 amide bonds. The molecule has 0 unspecified atom stereocenters. The third-order valence-electron chi connectivity index (χ3n) is 2.75. The van der Waals surface area contributed by atoms with E-state index in [0.717, 1.165) is 0 Å². The number of hydrogen-bond donors (Lipinski definition) is 1. The minimum Gasteiger partial charge on any atom is -0.465 e. The quantitative estimate of drug-likeness (QED) is 0.885. The Morgan fingerprint density at radius 2 is 2.05 bits per heavy atom. The van der Waals surface area contributed by atoms with Gasteiger partial charge in [0.2, 0.25) is 0 Å². The molecule has 0 aliphatic rings. The fourth-order valence-corrected chi connectivity index (χ4v) is 2.04. The molecule has 0 spiro atoms. The lowest BCUT2D eigenvalue weighted by Gasteiger charge is -2.07. The lowest BCUT2D eigenvalue weighted by Crippen LogP contribution is -2.15.